The highest BCUT2D eigenvalue weighted by Gasteiger charge is 2.25. The summed E-state index contributed by atoms with van der Waals surface area (Å²) >= 11 is 0. The van der Waals surface area contributed by atoms with Crippen LogP contribution in [0.15, 0.2) is 24.3 Å². The van der Waals surface area contributed by atoms with E-state index in [0.29, 0.717) is 6.54 Å². The van der Waals surface area contributed by atoms with Gasteiger partial charge in [0.15, 0.2) is 9.84 Å². The molecule has 0 atom stereocenters. The lowest BCUT2D eigenvalue weighted by molar-refractivity contribution is 0.201. The zero-order valence-corrected chi connectivity index (χ0v) is 14.2. The minimum atomic E-state index is -2.97. The summed E-state index contributed by atoms with van der Waals surface area (Å²) in [7, 11) is -0.982. The van der Waals surface area contributed by atoms with Crippen LogP contribution >= 0.6 is 0 Å². The van der Waals surface area contributed by atoms with E-state index in [-0.39, 0.29) is 30.6 Å². The summed E-state index contributed by atoms with van der Waals surface area (Å²) in [6, 6.07) is 7.93. The molecule has 2 aromatic rings. The molecule has 23 heavy (non-hydrogen) atoms. The smallest absolute Gasteiger partial charge is 0.317 e. The van der Waals surface area contributed by atoms with Crippen molar-refractivity contribution in [1.29, 1.82) is 0 Å². The van der Waals surface area contributed by atoms with Gasteiger partial charge in [-0.1, -0.05) is 18.2 Å². The number of amides is 2. The molecule has 6 nitrogen and oxygen atoms in total. The van der Waals surface area contributed by atoms with Gasteiger partial charge in [0.25, 0.3) is 0 Å². The number of hydrogen-bond donors (Lipinski definition) is 1. The van der Waals surface area contributed by atoms with Crippen molar-refractivity contribution in [2.45, 2.75) is 13.5 Å². The van der Waals surface area contributed by atoms with Gasteiger partial charge in [0, 0.05) is 36.7 Å². The summed E-state index contributed by atoms with van der Waals surface area (Å²) in [5.74, 6) is 0.0982. The van der Waals surface area contributed by atoms with Crippen molar-refractivity contribution in [3.63, 3.8) is 0 Å². The predicted molar refractivity (Wildman–Crippen MR) is 90.1 cm³/mol. The van der Waals surface area contributed by atoms with Crippen LogP contribution in [0.2, 0.25) is 0 Å². The van der Waals surface area contributed by atoms with Gasteiger partial charge in [-0.25, -0.2) is 13.2 Å². The molecule has 0 spiro atoms. The molecule has 1 N–H and O–H groups in total. The Hall–Kier alpha value is -2.02. The molecule has 0 aliphatic carbocycles. The molecule has 0 radical (unpaired) electrons. The molecule has 124 valence electrons. The maximum atomic E-state index is 12.2. The third-order valence-electron chi connectivity index (χ3n) is 4.55. The van der Waals surface area contributed by atoms with Crippen LogP contribution in [0, 0.1) is 6.92 Å². The number of nitrogens with one attached hydrogen (secondary N) is 1. The van der Waals surface area contributed by atoms with Crippen LogP contribution in [-0.2, 0) is 23.4 Å². The standard InChI is InChI=1S/C16H21N3O3S/c1-12-13-5-3-4-6-14(13)18(2)15(12)11-17-16(20)19-7-9-23(21,22)10-8-19/h3-6H,7-11H2,1-2H3,(H,17,20). The maximum Gasteiger partial charge on any atom is 0.317 e. The number of fused-ring (bicyclic) bond motifs is 1. The monoisotopic (exact) mass is 335 g/mol. The first-order valence-corrected chi connectivity index (χ1v) is 9.47. The van der Waals surface area contributed by atoms with Crippen molar-refractivity contribution in [2.24, 2.45) is 7.05 Å². The number of hydrogen-bond acceptors (Lipinski definition) is 3. The van der Waals surface area contributed by atoms with Crippen molar-refractivity contribution in [3.8, 4) is 0 Å². The quantitative estimate of drug-likeness (QED) is 0.902. The van der Waals surface area contributed by atoms with Gasteiger partial charge in [-0.05, 0) is 18.6 Å². The molecule has 3 rings (SSSR count). The third-order valence-corrected chi connectivity index (χ3v) is 6.16. The summed E-state index contributed by atoms with van der Waals surface area (Å²) in [4.78, 5) is 13.8. The lowest BCUT2D eigenvalue weighted by Crippen LogP contribution is -2.48. The fourth-order valence-electron chi connectivity index (χ4n) is 3.07. The first kappa shape index (κ1) is 15.9. The summed E-state index contributed by atoms with van der Waals surface area (Å²) in [5, 5.41) is 4.09. The van der Waals surface area contributed by atoms with Gasteiger partial charge in [0.1, 0.15) is 0 Å². The molecule has 1 aliphatic rings. The van der Waals surface area contributed by atoms with E-state index in [0.717, 1.165) is 16.8 Å². The zero-order valence-electron chi connectivity index (χ0n) is 13.4. The number of carbonyl (C=O) groups is 1. The second-order valence-corrected chi connectivity index (χ2v) is 8.25. The Kier molecular flexibility index (Phi) is 4.06. The Morgan fingerprint density at radius 2 is 1.87 bits per heavy atom. The molecular formula is C16H21N3O3S. The Morgan fingerprint density at radius 1 is 1.22 bits per heavy atom. The van der Waals surface area contributed by atoms with Gasteiger partial charge >= 0.3 is 6.03 Å². The highest BCUT2D eigenvalue weighted by atomic mass is 32.2. The number of nitrogens with zero attached hydrogens (tertiary/aromatic N) is 2. The summed E-state index contributed by atoms with van der Waals surface area (Å²) in [6.45, 7) is 3.01. The van der Waals surface area contributed by atoms with Gasteiger partial charge in [0.05, 0.1) is 18.1 Å². The SMILES string of the molecule is Cc1c(CNC(=O)N2CCS(=O)(=O)CC2)n(C)c2ccccc12. The second-order valence-electron chi connectivity index (χ2n) is 5.95. The van der Waals surface area contributed by atoms with Gasteiger partial charge in [-0.2, -0.15) is 0 Å². The topological polar surface area (TPSA) is 71.4 Å². The molecule has 2 amide bonds. The van der Waals surface area contributed by atoms with Crippen molar-refractivity contribution in [1.82, 2.24) is 14.8 Å². The van der Waals surface area contributed by atoms with Crippen LogP contribution in [0.4, 0.5) is 4.79 Å². The Bertz CT molecular complexity index is 802. The number of aromatic nitrogens is 1. The van der Waals surface area contributed by atoms with E-state index < -0.39 is 9.84 Å². The first-order valence-electron chi connectivity index (χ1n) is 7.65. The average Bonchev–Trinajstić information content (AvgIpc) is 2.77. The summed E-state index contributed by atoms with van der Waals surface area (Å²) in [6.07, 6.45) is 0. The number of benzene rings is 1. The van der Waals surface area contributed by atoms with Crippen molar-refractivity contribution < 1.29 is 13.2 Å². The third kappa shape index (κ3) is 3.06. The second kappa shape index (κ2) is 5.88. The van der Waals surface area contributed by atoms with Crippen LogP contribution < -0.4 is 5.32 Å². The van der Waals surface area contributed by atoms with E-state index in [1.165, 1.54) is 5.39 Å². The van der Waals surface area contributed by atoms with Crippen LogP contribution in [-0.4, -0.2) is 48.5 Å². The van der Waals surface area contributed by atoms with Crippen LogP contribution in [0.1, 0.15) is 11.3 Å². The zero-order chi connectivity index (χ0) is 16.6. The molecule has 2 heterocycles. The molecule has 1 fully saturated rings. The number of urea groups is 1. The molecular weight excluding hydrogens is 314 g/mol. The van der Waals surface area contributed by atoms with Gasteiger partial charge in [-0.3, -0.25) is 0 Å². The highest BCUT2D eigenvalue weighted by Crippen LogP contribution is 2.24. The molecule has 7 heteroatoms. The largest absolute Gasteiger partial charge is 0.346 e. The Morgan fingerprint density at radius 3 is 2.52 bits per heavy atom. The minimum absolute atomic E-state index is 0.0491. The number of rotatable bonds is 2. The first-order chi connectivity index (χ1) is 10.9. The van der Waals surface area contributed by atoms with Crippen LogP contribution in [0.3, 0.4) is 0 Å². The lowest BCUT2D eigenvalue weighted by atomic mass is 10.1. The van der Waals surface area contributed by atoms with Gasteiger partial charge < -0.3 is 14.8 Å². The normalized spacial score (nSPS) is 17.4. The fraction of sp³-hybridized carbons (Fsp3) is 0.438. The fourth-order valence-corrected chi connectivity index (χ4v) is 4.27. The molecule has 1 saturated heterocycles. The molecule has 0 unspecified atom stereocenters. The lowest BCUT2D eigenvalue weighted by Gasteiger charge is -2.27. The van der Waals surface area contributed by atoms with Gasteiger partial charge in [0.2, 0.25) is 0 Å². The Balaban J connectivity index is 1.70. The average molecular weight is 335 g/mol. The molecule has 1 aromatic heterocycles. The number of aryl methyl sites for hydroxylation is 2. The van der Waals surface area contributed by atoms with Crippen LogP contribution in [0.25, 0.3) is 10.9 Å². The minimum Gasteiger partial charge on any atom is -0.346 e. The number of para-hydroxylation sites is 1. The van der Waals surface area contributed by atoms with Gasteiger partial charge in [-0.15, -0.1) is 0 Å². The van der Waals surface area contributed by atoms with E-state index in [1.54, 1.807) is 4.90 Å². The highest BCUT2D eigenvalue weighted by molar-refractivity contribution is 7.91. The predicted octanol–water partition coefficient (Wildman–Crippen LogP) is 1.43. The maximum absolute atomic E-state index is 12.2. The molecule has 0 saturated carbocycles. The van der Waals surface area contributed by atoms with E-state index >= 15 is 0 Å². The summed E-state index contributed by atoms with van der Waals surface area (Å²) in [5.41, 5.74) is 3.35. The van der Waals surface area contributed by atoms with E-state index in [1.807, 2.05) is 19.2 Å². The van der Waals surface area contributed by atoms with Crippen LogP contribution in [0.5, 0.6) is 0 Å². The van der Waals surface area contributed by atoms with Crippen molar-refractivity contribution >= 4 is 26.8 Å². The number of sulfone groups is 1. The Labute approximate surface area is 136 Å². The van der Waals surface area contributed by atoms with E-state index in [2.05, 4.69) is 28.9 Å². The van der Waals surface area contributed by atoms with Crippen molar-refractivity contribution in [2.75, 3.05) is 24.6 Å². The molecule has 1 aromatic carbocycles. The molecule has 1 aliphatic heterocycles. The number of carbonyl (C=O) groups excluding carboxylic acids is 1. The molecule has 0 bridgehead atoms. The van der Waals surface area contributed by atoms with Crippen molar-refractivity contribution in [3.05, 3.63) is 35.5 Å². The van der Waals surface area contributed by atoms with E-state index in [9.17, 15) is 13.2 Å². The summed E-state index contributed by atoms with van der Waals surface area (Å²) < 4.78 is 24.9. The van der Waals surface area contributed by atoms with E-state index in [4.69, 9.17) is 0 Å².